The van der Waals surface area contributed by atoms with Crippen LogP contribution in [-0.2, 0) is 19.1 Å². The molecule has 2 aliphatic rings. The van der Waals surface area contributed by atoms with E-state index in [2.05, 4.69) is 0 Å². The molecule has 18 heavy (non-hydrogen) atoms. The van der Waals surface area contributed by atoms with Gasteiger partial charge in [-0.3, -0.25) is 19.3 Å². The summed E-state index contributed by atoms with van der Waals surface area (Å²) in [5, 5.41) is 0. The Morgan fingerprint density at radius 3 is 2.61 bits per heavy atom. The van der Waals surface area contributed by atoms with Crippen LogP contribution >= 0.6 is 0 Å². The summed E-state index contributed by atoms with van der Waals surface area (Å²) in [7, 11) is 0. The first-order chi connectivity index (χ1) is 8.63. The predicted octanol–water partition coefficient (Wildman–Crippen LogP) is 1.18. The lowest BCUT2D eigenvalue weighted by molar-refractivity contribution is -0.156. The summed E-state index contributed by atoms with van der Waals surface area (Å²) < 4.78 is 5.36. The number of rotatable bonds is 4. The van der Waals surface area contributed by atoms with Crippen LogP contribution < -0.4 is 0 Å². The van der Waals surface area contributed by atoms with Crippen LogP contribution in [0.3, 0.4) is 0 Å². The van der Waals surface area contributed by atoms with E-state index in [0.29, 0.717) is 12.8 Å². The first kappa shape index (κ1) is 12.8. The van der Waals surface area contributed by atoms with Crippen molar-refractivity contribution in [2.24, 2.45) is 0 Å². The third-order valence-corrected chi connectivity index (χ3v) is 3.33. The van der Waals surface area contributed by atoms with Crippen LogP contribution in [0, 0.1) is 0 Å². The zero-order valence-corrected chi connectivity index (χ0v) is 10.4. The van der Waals surface area contributed by atoms with Crippen LogP contribution in [0.5, 0.6) is 0 Å². The number of ether oxygens (including phenoxy) is 1. The van der Waals surface area contributed by atoms with E-state index in [1.54, 1.807) is 0 Å². The molecule has 0 saturated heterocycles. The van der Waals surface area contributed by atoms with Crippen molar-refractivity contribution in [2.45, 2.75) is 51.2 Å². The van der Waals surface area contributed by atoms with Crippen molar-refractivity contribution in [3.63, 3.8) is 0 Å². The monoisotopic (exact) mass is 251 g/mol. The summed E-state index contributed by atoms with van der Waals surface area (Å²) in [4.78, 5) is 35.9. The molecule has 0 aromatic heterocycles. The third-order valence-electron chi connectivity index (χ3n) is 3.33. The molecule has 0 spiro atoms. The normalized spacial score (nSPS) is 27.1. The number of imide groups is 1. The number of esters is 1. The number of carbonyl (C=O) groups is 3. The SMILES string of the molecule is CCCC(=O)O[C@H]1CCC[C@@H]1N1C(=O)C=CC1=O. The van der Waals surface area contributed by atoms with Crippen LogP contribution in [0.1, 0.15) is 39.0 Å². The fourth-order valence-corrected chi connectivity index (χ4v) is 2.51. The standard InChI is InChI=1S/C13H17NO4/c1-2-4-13(17)18-10-6-3-5-9(10)14-11(15)7-8-12(14)16/h7-10H,2-6H2,1H3/t9-,10-/m0/s1. The van der Waals surface area contributed by atoms with Crippen molar-refractivity contribution in [2.75, 3.05) is 0 Å². The highest BCUT2D eigenvalue weighted by atomic mass is 16.5. The second-order valence-electron chi connectivity index (χ2n) is 4.66. The summed E-state index contributed by atoms with van der Waals surface area (Å²) in [5.74, 6) is -0.853. The van der Waals surface area contributed by atoms with Gasteiger partial charge in [-0.25, -0.2) is 0 Å². The van der Waals surface area contributed by atoms with Gasteiger partial charge in [-0.1, -0.05) is 6.92 Å². The van der Waals surface area contributed by atoms with Crippen molar-refractivity contribution in [3.05, 3.63) is 12.2 Å². The Labute approximate surface area is 106 Å². The van der Waals surface area contributed by atoms with E-state index in [1.165, 1.54) is 17.1 Å². The largest absolute Gasteiger partial charge is 0.460 e. The Bertz CT molecular complexity index is 384. The van der Waals surface area contributed by atoms with Gasteiger partial charge in [0.2, 0.25) is 0 Å². The third kappa shape index (κ3) is 2.44. The van der Waals surface area contributed by atoms with Gasteiger partial charge >= 0.3 is 5.97 Å². The van der Waals surface area contributed by atoms with Crippen molar-refractivity contribution in [1.29, 1.82) is 0 Å². The molecule has 0 unspecified atom stereocenters. The highest BCUT2D eigenvalue weighted by Gasteiger charge is 2.40. The zero-order chi connectivity index (χ0) is 13.1. The molecule has 1 aliphatic heterocycles. The van der Waals surface area contributed by atoms with E-state index in [0.717, 1.165) is 19.3 Å². The van der Waals surface area contributed by atoms with Crippen LogP contribution in [-0.4, -0.2) is 34.8 Å². The lowest BCUT2D eigenvalue weighted by Crippen LogP contribution is -2.45. The van der Waals surface area contributed by atoms with E-state index >= 15 is 0 Å². The highest BCUT2D eigenvalue weighted by molar-refractivity contribution is 6.13. The topological polar surface area (TPSA) is 63.7 Å². The van der Waals surface area contributed by atoms with Gasteiger partial charge in [-0.05, 0) is 25.7 Å². The van der Waals surface area contributed by atoms with Gasteiger partial charge in [0.05, 0.1) is 6.04 Å². The molecule has 0 aromatic carbocycles. The fourth-order valence-electron chi connectivity index (χ4n) is 2.51. The molecule has 98 valence electrons. The zero-order valence-electron chi connectivity index (χ0n) is 10.4. The highest BCUT2D eigenvalue weighted by Crippen LogP contribution is 2.29. The van der Waals surface area contributed by atoms with Crippen LogP contribution in [0.2, 0.25) is 0 Å². The first-order valence-electron chi connectivity index (χ1n) is 6.38. The molecule has 1 fully saturated rings. The maximum Gasteiger partial charge on any atom is 0.306 e. The number of hydrogen-bond donors (Lipinski definition) is 0. The van der Waals surface area contributed by atoms with Gasteiger partial charge in [0.25, 0.3) is 11.8 Å². The van der Waals surface area contributed by atoms with Gasteiger partial charge in [-0.2, -0.15) is 0 Å². The minimum absolute atomic E-state index is 0.249. The minimum Gasteiger partial charge on any atom is -0.460 e. The average molecular weight is 251 g/mol. The second kappa shape index (κ2) is 5.33. The molecule has 1 saturated carbocycles. The van der Waals surface area contributed by atoms with Crippen LogP contribution in [0.4, 0.5) is 0 Å². The fraction of sp³-hybridized carbons (Fsp3) is 0.615. The van der Waals surface area contributed by atoms with Crippen molar-refractivity contribution in [3.8, 4) is 0 Å². The van der Waals surface area contributed by atoms with Crippen LogP contribution in [0.15, 0.2) is 12.2 Å². The minimum atomic E-state index is -0.336. The molecule has 5 heteroatoms. The summed E-state index contributed by atoms with van der Waals surface area (Å²) in [5.41, 5.74) is 0. The molecule has 2 amide bonds. The first-order valence-corrected chi connectivity index (χ1v) is 6.38. The summed E-state index contributed by atoms with van der Waals surface area (Å²) in [6.07, 6.45) is 5.61. The quantitative estimate of drug-likeness (QED) is 0.556. The molecule has 0 bridgehead atoms. The van der Waals surface area contributed by atoms with Gasteiger partial charge < -0.3 is 4.74 Å². The molecule has 0 N–H and O–H groups in total. The Hall–Kier alpha value is -1.65. The average Bonchev–Trinajstić information content (AvgIpc) is 2.87. The molecule has 0 aromatic rings. The maximum atomic E-state index is 11.6. The molecule has 0 radical (unpaired) electrons. The molecule has 1 heterocycles. The van der Waals surface area contributed by atoms with E-state index in [1.807, 2.05) is 6.92 Å². The second-order valence-corrected chi connectivity index (χ2v) is 4.66. The number of amides is 2. The number of nitrogens with zero attached hydrogens (tertiary/aromatic N) is 1. The molecule has 2 rings (SSSR count). The molecular formula is C13H17NO4. The summed E-state index contributed by atoms with van der Waals surface area (Å²) in [6.45, 7) is 1.91. The summed E-state index contributed by atoms with van der Waals surface area (Å²) in [6, 6.07) is -0.291. The van der Waals surface area contributed by atoms with E-state index in [9.17, 15) is 14.4 Å². The number of carbonyl (C=O) groups excluding carboxylic acids is 3. The Morgan fingerprint density at radius 1 is 1.33 bits per heavy atom. The van der Waals surface area contributed by atoms with E-state index < -0.39 is 0 Å². The van der Waals surface area contributed by atoms with Crippen molar-refractivity contribution < 1.29 is 19.1 Å². The van der Waals surface area contributed by atoms with Gasteiger partial charge in [-0.15, -0.1) is 0 Å². The van der Waals surface area contributed by atoms with Gasteiger partial charge in [0.1, 0.15) is 6.10 Å². The van der Waals surface area contributed by atoms with Crippen molar-refractivity contribution in [1.82, 2.24) is 4.90 Å². The Kier molecular flexibility index (Phi) is 3.79. The van der Waals surface area contributed by atoms with Crippen molar-refractivity contribution >= 4 is 17.8 Å². The molecule has 2 atom stereocenters. The maximum absolute atomic E-state index is 11.6. The van der Waals surface area contributed by atoms with Crippen LogP contribution in [0.25, 0.3) is 0 Å². The van der Waals surface area contributed by atoms with E-state index in [4.69, 9.17) is 4.74 Å². The lowest BCUT2D eigenvalue weighted by Gasteiger charge is -2.27. The van der Waals surface area contributed by atoms with Gasteiger partial charge in [0.15, 0.2) is 0 Å². The smallest absolute Gasteiger partial charge is 0.306 e. The molecule has 5 nitrogen and oxygen atoms in total. The Balaban J connectivity index is 2.01. The predicted molar refractivity (Wildman–Crippen MR) is 63.4 cm³/mol. The summed E-state index contributed by atoms with van der Waals surface area (Å²) >= 11 is 0. The Morgan fingerprint density at radius 2 is 2.00 bits per heavy atom. The number of hydrogen-bond acceptors (Lipinski definition) is 4. The molecular weight excluding hydrogens is 234 g/mol. The lowest BCUT2D eigenvalue weighted by atomic mass is 10.2. The molecule has 1 aliphatic carbocycles. The van der Waals surface area contributed by atoms with E-state index in [-0.39, 0.29) is 29.9 Å². The van der Waals surface area contributed by atoms with Gasteiger partial charge in [0, 0.05) is 18.6 Å².